The second-order valence-corrected chi connectivity index (χ2v) is 6.56. The van der Waals surface area contributed by atoms with E-state index in [2.05, 4.69) is 26.2 Å². The third kappa shape index (κ3) is 2.90. The zero-order chi connectivity index (χ0) is 13.0. The van der Waals surface area contributed by atoms with Crippen LogP contribution < -0.4 is 5.32 Å². The minimum atomic E-state index is 0.482. The van der Waals surface area contributed by atoms with Crippen LogP contribution in [0.2, 0.25) is 0 Å². The molecule has 0 aromatic heterocycles. The van der Waals surface area contributed by atoms with Crippen LogP contribution in [-0.2, 0) is 4.74 Å². The summed E-state index contributed by atoms with van der Waals surface area (Å²) >= 11 is 0. The molecule has 18 heavy (non-hydrogen) atoms. The van der Waals surface area contributed by atoms with E-state index < -0.39 is 0 Å². The maximum atomic E-state index is 5.57. The number of nitrogens with one attached hydrogen (secondary N) is 1. The minimum absolute atomic E-state index is 0.482. The van der Waals surface area contributed by atoms with Crippen LogP contribution in [0, 0.1) is 11.3 Å². The Morgan fingerprint density at radius 1 is 1.28 bits per heavy atom. The standard InChI is InChI=1S/C16H29NO/c1-13(2)11-16(8-4-5-9-16)15(17-3)14-7-6-10-18-12-14/h12-13,15,17H,4-11H2,1-3H3. The van der Waals surface area contributed by atoms with E-state index in [1.165, 1.54) is 50.5 Å². The molecule has 2 aliphatic rings. The lowest BCUT2D eigenvalue weighted by Gasteiger charge is -2.41. The van der Waals surface area contributed by atoms with Crippen LogP contribution in [0.1, 0.15) is 58.8 Å². The van der Waals surface area contributed by atoms with Gasteiger partial charge >= 0.3 is 0 Å². The van der Waals surface area contributed by atoms with Crippen molar-refractivity contribution in [3.05, 3.63) is 11.8 Å². The monoisotopic (exact) mass is 251 g/mol. The summed E-state index contributed by atoms with van der Waals surface area (Å²) in [6.45, 7) is 5.62. The van der Waals surface area contributed by atoms with Crippen molar-refractivity contribution in [2.24, 2.45) is 11.3 Å². The van der Waals surface area contributed by atoms with Gasteiger partial charge in [0.2, 0.25) is 0 Å². The van der Waals surface area contributed by atoms with Crippen molar-refractivity contribution >= 4 is 0 Å². The fraction of sp³-hybridized carbons (Fsp3) is 0.875. The molecule has 1 atom stereocenters. The van der Waals surface area contributed by atoms with E-state index in [0.29, 0.717) is 11.5 Å². The quantitative estimate of drug-likeness (QED) is 0.800. The lowest BCUT2D eigenvalue weighted by Crippen LogP contribution is -2.45. The van der Waals surface area contributed by atoms with Gasteiger partial charge in [0.05, 0.1) is 12.9 Å². The topological polar surface area (TPSA) is 21.3 Å². The Bertz CT molecular complexity index is 289. The van der Waals surface area contributed by atoms with Gasteiger partial charge in [0.25, 0.3) is 0 Å². The summed E-state index contributed by atoms with van der Waals surface area (Å²) in [7, 11) is 2.13. The highest BCUT2D eigenvalue weighted by Crippen LogP contribution is 2.48. The van der Waals surface area contributed by atoms with Crippen LogP contribution in [0.4, 0.5) is 0 Å². The molecule has 1 aliphatic heterocycles. The average Bonchev–Trinajstić information content (AvgIpc) is 2.79. The van der Waals surface area contributed by atoms with Crippen LogP contribution in [0.3, 0.4) is 0 Å². The summed E-state index contributed by atoms with van der Waals surface area (Å²) in [6, 6.07) is 0.530. The highest BCUT2D eigenvalue weighted by Gasteiger charge is 2.42. The molecular formula is C16H29NO. The summed E-state index contributed by atoms with van der Waals surface area (Å²) in [5.41, 5.74) is 1.99. The second kappa shape index (κ2) is 6.10. The summed E-state index contributed by atoms with van der Waals surface area (Å²) in [5, 5.41) is 3.61. The van der Waals surface area contributed by atoms with Crippen molar-refractivity contribution in [3.8, 4) is 0 Å². The SMILES string of the molecule is CNC(C1=COCCC1)C1(CC(C)C)CCCC1. The van der Waals surface area contributed by atoms with E-state index >= 15 is 0 Å². The van der Waals surface area contributed by atoms with Crippen molar-refractivity contribution in [2.75, 3.05) is 13.7 Å². The molecule has 0 spiro atoms. The molecule has 0 aromatic rings. The highest BCUT2D eigenvalue weighted by molar-refractivity contribution is 5.16. The zero-order valence-electron chi connectivity index (χ0n) is 12.3. The van der Waals surface area contributed by atoms with E-state index in [0.717, 1.165) is 12.5 Å². The molecule has 0 saturated heterocycles. The number of likely N-dealkylation sites (N-methyl/N-ethyl adjacent to an activating group) is 1. The molecule has 1 unspecified atom stereocenters. The van der Waals surface area contributed by atoms with Crippen molar-refractivity contribution in [3.63, 3.8) is 0 Å². The Labute approximate surface area is 112 Å². The van der Waals surface area contributed by atoms with Gasteiger partial charge in [-0.05, 0) is 56.1 Å². The first-order valence-corrected chi connectivity index (χ1v) is 7.66. The summed E-state index contributed by atoms with van der Waals surface area (Å²) < 4.78 is 5.57. The molecule has 2 heteroatoms. The molecule has 0 amide bonds. The third-order valence-corrected chi connectivity index (χ3v) is 4.65. The maximum Gasteiger partial charge on any atom is 0.0876 e. The summed E-state index contributed by atoms with van der Waals surface area (Å²) in [4.78, 5) is 0. The van der Waals surface area contributed by atoms with Gasteiger partial charge in [-0.3, -0.25) is 0 Å². The molecule has 0 radical (unpaired) electrons. The molecular weight excluding hydrogens is 222 g/mol. The van der Waals surface area contributed by atoms with Crippen LogP contribution in [-0.4, -0.2) is 19.7 Å². The number of hydrogen-bond donors (Lipinski definition) is 1. The lowest BCUT2D eigenvalue weighted by atomic mass is 9.69. The van der Waals surface area contributed by atoms with Gasteiger partial charge in [0.15, 0.2) is 0 Å². The fourth-order valence-corrected chi connectivity index (χ4v) is 4.18. The predicted octanol–water partition coefficient (Wildman–Crippen LogP) is 3.88. The summed E-state index contributed by atoms with van der Waals surface area (Å²) in [6.07, 6.45) is 11.4. The van der Waals surface area contributed by atoms with Crippen LogP contribution in [0.5, 0.6) is 0 Å². The van der Waals surface area contributed by atoms with Crippen molar-refractivity contribution in [1.29, 1.82) is 0 Å². The van der Waals surface area contributed by atoms with Gasteiger partial charge < -0.3 is 10.1 Å². The molecule has 1 saturated carbocycles. The van der Waals surface area contributed by atoms with E-state index in [1.54, 1.807) is 0 Å². The Hall–Kier alpha value is -0.500. The van der Waals surface area contributed by atoms with Gasteiger partial charge in [0.1, 0.15) is 0 Å². The molecule has 104 valence electrons. The molecule has 2 rings (SSSR count). The molecule has 1 heterocycles. The van der Waals surface area contributed by atoms with Gasteiger partial charge in [-0.2, -0.15) is 0 Å². The number of hydrogen-bond acceptors (Lipinski definition) is 2. The van der Waals surface area contributed by atoms with E-state index in [4.69, 9.17) is 4.74 Å². The normalized spacial score (nSPS) is 24.8. The van der Waals surface area contributed by atoms with Crippen LogP contribution in [0.25, 0.3) is 0 Å². The first kappa shape index (κ1) is 13.9. The molecule has 1 fully saturated rings. The molecule has 0 aromatic carbocycles. The molecule has 2 nitrogen and oxygen atoms in total. The van der Waals surface area contributed by atoms with E-state index in [9.17, 15) is 0 Å². The van der Waals surface area contributed by atoms with Crippen molar-refractivity contribution in [1.82, 2.24) is 5.32 Å². The van der Waals surface area contributed by atoms with E-state index in [-0.39, 0.29) is 0 Å². The average molecular weight is 251 g/mol. The number of ether oxygens (including phenoxy) is 1. The fourth-order valence-electron chi connectivity index (χ4n) is 4.18. The Kier molecular flexibility index (Phi) is 4.71. The molecule has 1 N–H and O–H groups in total. The first-order valence-electron chi connectivity index (χ1n) is 7.66. The lowest BCUT2D eigenvalue weighted by molar-refractivity contribution is 0.159. The molecule has 0 bridgehead atoms. The minimum Gasteiger partial charge on any atom is -0.501 e. The van der Waals surface area contributed by atoms with Gasteiger partial charge in [-0.1, -0.05) is 26.7 Å². The Morgan fingerprint density at radius 2 is 2.00 bits per heavy atom. The van der Waals surface area contributed by atoms with Crippen LogP contribution >= 0.6 is 0 Å². The van der Waals surface area contributed by atoms with Crippen LogP contribution in [0.15, 0.2) is 11.8 Å². The maximum absolute atomic E-state index is 5.57. The van der Waals surface area contributed by atoms with E-state index in [1.807, 2.05) is 6.26 Å². The highest BCUT2D eigenvalue weighted by atomic mass is 16.5. The third-order valence-electron chi connectivity index (χ3n) is 4.65. The predicted molar refractivity (Wildman–Crippen MR) is 76.5 cm³/mol. The van der Waals surface area contributed by atoms with Gasteiger partial charge in [-0.15, -0.1) is 0 Å². The van der Waals surface area contributed by atoms with Gasteiger partial charge in [-0.25, -0.2) is 0 Å². The number of rotatable bonds is 5. The largest absolute Gasteiger partial charge is 0.501 e. The Morgan fingerprint density at radius 3 is 2.50 bits per heavy atom. The van der Waals surface area contributed by atoms with Crippen molar-refractivity contribution in [2.45, 2.75) is 64.8 Å². The van der Waals surface area contributed by atoms with Crippen molar-refractivity contribution < 1.29 is 4.74 Å². The van der Waals surface area contributed by atoms with Gasteiger partial charge in [0, 0.05) is 6.04 Å². The molecule has 1 aliphatic carbocycles. The summed E-state index contributed by atoms with van der Waals surface area (Å²) in [5.74, 6) is 0.782. The zero-order valence-corrected chi connectivity index (χ0v) is 12.3. The first-order chi connectivity index (χ1) is 8.68. The Balaban J connectivity index is 2.18. The second-order valence-electron chi connectivity index (χ2n) is 6.56. The smallest absolute Gasteiger partial charge is 0.0876 e.